The molecule has 0 N–H and O–H groups in total. The second-order valence-electron chi connectivity index (χ2n) is 4.30. The van der Waals surface area contributed by atoms with E-state index in [4.69, 9.17) is 0 Å². The predicted molar refractivity (Wildman–Crippen MR) is 67.6 cm³/mol. The van der Waals surface area contributed by atoms with E-state index in [9.17, 15) is 9.18 Å². The maximum Gasteiger partial charge on any atom is 0.172 e. The summed E-state index contributed by atoms with van der Waals surface area (Å²) < 4.78 is 13.0. The number of ketones is 1. The second-order valence-corrected chi connectivity index (χ2v) is 5.33. The van der Waals surface area contributed by atoms with Crippen LogP contribution in [0.25, 0.3) is 0 Å². The lowest BCUT2D eigenvalue weighted by atomic mass is 10.1. The fraction of sp³-hybridized carbons (Fsp3) is 0.462. The number of Topliss-reactive ketones (excluding diaryl/α,β-unsaturated/α-hetero) is 1. The van der Waals surface area contributed by atoms with Gasteiger partial charge in [0, 0.05) is 5.56 Å². The van der Waals surface area contributed by atoms with E-state index in [2.05, 4.69) is 13.8 Å². The molecule has 0 saturated heterocycles. The summed E-state index contributed by atoms with van der Waals surface area (Å²) in [6.07, 6.45) is 0. The third kappa shape index (κ3) is 3.97. The average Bonchev–Trinajstić information content (AvgIpc) is 2.21. The molecule has 3 heteroatoms. The van der Waals surface area contributed by atoms with Crippen molar-refractivity contribution in [2.24, 2.45) is 5.92 Å². The molecule has 0 atom stereocenters. The van der Waals surface area contributed by atoms with Gasteiger partial charge in [-0.25, -0.2) is 4.39 Å². The first kappa shape index (κ1) is 13.2. The molecule has 0 unspecified atom stereocenters. The van der Waals surface area contributed by atoms with Gasteiger partial charge < -0.3 is 0 Å². The number of hydrogen-bond donors (Lipinski definition) is 0. The molecule has 0 aliphatic heterocycles. The summed E-state index contributed by atoms with van der Waals surface area (Å²) in [4.78, 5) is 11.7. The first-order valence-electron chi connectivity index (χ1n) is 5.37. The minimum atomic E-state index is -0.258. The molecule has 0 heterocycles. The van der Waals surface area contributed by atoms with Crippen LogP contribution >= 0.6 is 11.8 Å². The summed E-state index contributed by atoms with van der Waals surface area (Å²) in [7, 11) is 0. The highest BCUT2D eigenvalue weighted by atomic mass is 32.2. The van der Waals surface area contributed by atoms with Gasteiger partial charge in [-0.2, -0.15) is 11.8 Å². The van der Waals surface area contributed by atoms with Crippen molar-refractivity contribution in [1.29, 1.82) is 0 Å². The van der Waals surface area contributed by atoms with Gasteiger partial charge in [0.1, 0.15) is 5.82 Å². The lowest BCUT2D eigenvalue weighted by Gasteiger charge is -2.05. The number of carbonyl (C=O) groups is 1. The van der Waals surface area contributed by atoms with Gasteiger partial charge >= 0.3 is 0 Å². The number of benzene rings is 1. The molecule has 1 nitrogen and oxygen atoms in total. The Bertz CT molecular complexity index is 374. The first-order chi connectivity index (χ1) is 7.50. The molecule has 0 aliphatic rings. The highest BCUT2D eigenvalue weighted by Gasteiger charge is 2.08. The van der Waals surface area contributed by atoms with Crippen molar-refractivity contribution in [3.63, 3.8) is 0 Å². The molecule has 1 aromatic carbocycles. The minimum absolute atomic E-state index is 0.0775. The van der Waals surface area contributed by atoms with Gasteiger partial charge in [0.2, 0.25) is 0 Å². The highest BCUT2D eigenvalue weighted by Crippen LogP contribution is 2.14. The number of aryl methyl sites for hydroxylation is 1. The molecule has 88 valence electrons. The zero-order valence-corrected chi connectivity index (χ0v) is 10.7. The molecule has 0 aromatic heterocycles. The van der Waals surface area contributed by atoms with E-state index in [1.807, 2.05) is 0 Å². The lowest BCUT2D eigenvalue weighted by molar-refractivity contribution is 0.102. The zero-order valence-electron chi connectivity index (χ0n) is 9.92. The molecule has 1 aromatic rings. The molecular weight excluding hydrogens is 223 g/mol. The Morgan fingerprint density at radius 1 is 1.44 bits per heavy atom. The van der Waals surface area contributed by atoms with E-state index >= 15 is 0 Å². The zero-order chi connectivity index (χ0) is 12.1. The second kappa shape index (κ2) is 6.04. The minimum Gasteiger partial charge on any atom is -0.293 e. The van der Waals surface area contributed by atoms with Crippen molar-refractivity contribution in [2.75, 3.05) is 11.5 Å². The maximum atomic E-state index is 13.0. The summed E-state index contributed by atoms with van der Waals surface area (Å²) in [6.45, 7) is 5.92. The normalized spacial score (nSPS) is 10.8. The van der Waals surface area contributed by atoms with E-state index in [-0.39, 0.29) is 11.6 Å². The van der Waals surface area contributed by atoms with E-state index in [0.29, 0.717) is 22.8 Å². The smallest absolute Gasteiger partial charge is 0.172 e. The number of rotatable bonds is 5. The molecule has 0 amide bonds. The van der Waals surface area contributed by atoms with Crippen LogP contribution in [0.4, 0.5) is 4.39 Å². The Labute approximate surface area is 100 Å². The summed E-state index contributed by atoms with van der Waals surface area (Å²) in [5.41, 5.74) is 1.13. The molecule has 0 saturated carbocycles. The van der Waals surface area contributed by atoms with Gasteiger partial charge in [0.25, 0.3) is 0 Å². The third-order valence-electron chi connectivity index (χ3n) is 2.16. The van der Waals surface area contributed by atoms with E-state index < -0.39 is 0 Å². The Balaban J connectivity index is 2.56. The topological polar surface area (TPSA) is 17.1 Å². The van der Waals surface area contributed by atoms with Crippen molar-refractivity contribution in [2.45, 2.75) is 20.8 Å². The van der Waals surface area contributed by atoms with E-state index in [1.165, 1.54) is 6.07 Å². The number of hydrogen-bond acceptors (Lipinski definition) is 2. The van der Waals surface area contributed by atoms with Crippen LogP contribution in [0.5, 0.6) is 0 Å². The fourth-order valence-electron chi connectivity index (χ4n) is 1.29. The molecule has 0 bridgehead atoms. The van der Waals surface area contributed by atoms with Crippen molar-refractivity contribution < 1.29 is 9.18 Å². The molecule has 0 aliphatic carbocycles. The molecule has 16 heavy (non-hydrogen) atoms. The van der Waals surface area contributed by atoms with Crippen LogP contribution in [0.1, 0.15) is 29.8 Å². The first-order valence-corrected chi connectivity index (χ1v) is 6.53. The van der Waals surface area contributed by atoms with Gasteiger partial charge in [-0.15, -0.1) is 0 Å². The fourth-order valence-corrected chi connectivity index (χ4v) is 2.23. The van der Waals surface area contributed by atoms with Crippen LogP contribution in [0, 0.1) is 18.7 Å². The summed E-state index contributed by atoms with van der Waals surface area (Å²) >= 11 is 1.63. The third-order valence-corrected chi connectivity index (χ3v) is 3.53. The average molecular weight is 240 g/mol. The SMILES string of the molecule is Cc1cc(C(=O)CSCC(C)C)ccc1F. The number of thioether (sulfide) groups is 1. The van der Waals surface area contributed by atoms with Gasteiger partial charge in [0.05, 0.1) is 5.75 Å². The van der Waals surface area contributed by atoms with Gasteiger partial charge in [-0.1, -0.05) is 13.8 Å². The van der Waals surface area contributed by atoms with Gasteiger partial charge in [-0.3, -0.25) is 4.79 Å². The van der Waals surface area contributed by atoms with Crippen molar-refractivity contribution >= 4 is 17.5 Å². The van der Waals surface area contributed by atoms with Crippen LogP contribution < -0.4 is 0 Å². The monoisotopic (exact) mass is 240 g/mol. The Hall–Kier alpha value is -0.830. The van der Waals surface area contributed by atoms with Crippen molar-refractivity contribution in [1.82, 2.24) is 0 Å². The maximum absolute atomic E-state index is 13.0. The van der Waals surface area contributed by atoms with Crippen molar-refractivity contribution in [3.05, 3.63) is 35.1 Å². The van der Waals surface area contributed by atoms with E-state index in [1.54, 1.807) is 30.8 Å². The summed E-state index contributed by atoms with van der Waals surface area (Å²) in [5, 5.41) is 0. The quantitative estimate of drug-likeness (QED) is 0.730. The summed E-state index contributed by atoms with van der Waals surface area (Å²) in [6, 6.07) is 4.53. The van der Waals surface area contributed by atoms with Crippen LogP contribution in [0.15, 0.2) is 18.2 Å². The van der Waals surface area contributed by atoms with E-state index in [0.717, 1.165) is 5.75 Å². The van der Waals surface area contributed by atoms with Crippen LogP contribution in [-0.4, -0.2) is 17.3 Å². The molecule has 0 radical (unpaired) electrons. The molecule has 0 spiro atoms. The number of halogens is 1. The van der Waals surface area contributed by atoms with Crippen molar-refractivity contribution in [3.8, 4) is 0 Å². The number of carbonyl (C=O) groups excluding carboxylic acids is 1. The van der Waals surface area contributed by atoms with Gasteiger partial charge in [0.15, 0.2) is 5.78 Å². The lowest BCUT2D eigenvalue weighted by Crippen LogP contribution is -2.05. The van der Waals surface area contributed by atoms with Gasteiger partial charge in [-0.05, 0) is 42.4 Å². The standard InChI is InChI=1S/C13H17FOS/c1-9(2)7-16-8-13(15)11-4-5-12(14)10(3)6-11/h4-6,9H,7-8H2,1-3H3. The summed E-state index contributed by atoms with van der Waals surface area (Å²) in [5.74, 6) is 1.86. The molecular formula is C13H17FOS. The highest BCUT2D eigenvalue weighted by molar-refractivity contribution is 7.99. The predicted octanol–water partition coefficient (Wildman–Crippen LogP) is 3.71. The van der Waals surface area contributed by atoms with Crippen LogP contribution in [-0.2, 0) is 0 Å². The Kier molecular flexibility index (Phi) is 5.00. The van der Waals surface area contributed by atoms with Crippen LogP contribution in [0.2, 0.25) is 0 Å². The molecule has 1 rings (SSSR count). The Morgan fingerprint density at radius 2 is 2.12 bits per heavy atom. The van der Waals surface area contributed by atoms with Crippen LogP contribution in [0.3, 0.4) is 0 Å². The Morgan fingerprint density at radius 3 is 2.69 bits per heavy atom. The largest absolute Gasteiger partial charge is 0.293 e. The molecule has 0 fully saturated rings.